The maximum Gasteiger partial charge on any atom is 0.191 e. The number of benzene rings is 1. The van der Waals surface area contributed by atoms with Crippen molar-refractivity contribution in [1.82, 2.24) is 10.6 Å². The molecule has 0 radical (unpaired) electrons. The molecule has 0 aliphatic rings. The summed E-state index contributed by atoms with van der Waals surface area (Å²) in [6.45, 7) is 8.87. The van der Waals surface area contributed by atoms with Crippen molar-refractivity contribution in [2.45, 2.75) is 52.3 Å². The highest BCUT2D eigenvalue weighted by molar-refractivity contribution is 7.89. The zero-order chi connectivity index (χ0) is 18.7. The van der Waals surface area contributed by atoms with Gasteiger partial charge in [-0.25, -0.2) is 13.4 Å². The summed E-state index contributed by atoms with van der Waals surface area (Å²) in [5, 5.41) is 6.62. The Morgan fingerprint density at radius 1 is 1.08 bits per heavy atom. The van der Waals surface area contributed by atoms with E-state index < -0.39 is 9.84 Å². The Morgan fingerprint density at radius 3 is 2.28 bits per heavy atom. The predicted molar refractivity (Wildman–Crippen MR) is 106 cm³/mol. The van der Waals surface area contributed by atoms with Gasteiger partial charge in [-0.05, 0) is 30.4 Å². The topological polar surface area (TPSA) is 70.6 Å². The lowest BCUT2D eigenvalue weighted by molar-refractivity contribution is 0.534. The minimum atomic E-state index is -2.99. The maximum absolute atomic E-state index is 11.3. The molecular formula is C19H33N3O2S. The Labute approximate surface area is 153 Å². The second kappa shape index (κ2) is 11.1. The van der Waals surface area contributed by atoms with Crippen molar-refractivity contribution in [1.29, 1.82) is 0 Å². The summed E-state index contributed by atoms with van der Waals surface area (Å²) in [7, 11) is -2.99. The van der Waals surface area contributed by atoms with E-state index >= 15 is 0 Å². The van der Waals surface area contributed by atoms with Crippen LogP contribution in [0.15, 0.2) is 29.3 Å². The van der Waals surface area contributed by atoms with Gasteiger partial charge in [0.05, 0.1) is 12.3 Å². The Hall–Kier alpha value is -1.56. The van der Waals surface area contributed by atoms with E-state index in [9.17, 15) is 8.42 Å². The Bertz CT molecular complexity index is 623. The van der Waals surface area contributed by atoms with Gasteiger partial charge in [0.1, 0.15) is 0 Å². The molecule has 0 spiro atoms. The van der Waals surface area contributed by atoms with Crippen LogP contribution in [0.25, 0.3) is 0 Å². The molecule has 0 unspecified atom stereocenters. The summed E-state index contributed by atoms with van der Waals surface area (Å²) in [5.41, 5.74) is 1.87. The molecule has 2 N–H and O–H groups in total. The van der Waals surface area contributed by atoms with Gasteiger partial charge in [-0.2, -0.15) is 0 Å². The van der Waals surface area contributed by atoms with Crippen molar-refractivity contribution in [3.8, 4) is 0 Å². The first-order valence-electron chi connectivity index (χ1n) is 9.08. The Kier molecular flexibility index (Phi) is 9.57. The van der Waals surface area contributed by atoms with Crippen LogP contribution in [0.1, 0.15) is 51.2 Å². The molecule has 5 nitrogen and oxygen atoms in total. The molecule has 25 heavy (non-hydrogen) atoms. The number of nitrogens with zero attached hydrogens (tertiary/aromatic N) is 1. The van der Waals surface area contributed by atoms with Gasteiger partial charge >= 0.3 is 0 Å². The predicted octanol–water partition coefficient (Wildman–Crippen LogP) is 3.11. The number of sulfone groups is 1. The quantitative estimate of drug-likeness (QED) is 0.379. The number of guanidine groups is 1. The zero-order valence-corrected chi connectivity index (χ0v) is 16.8. The van der Waals surface area contributed by atoms with Crippen LogP contribution in [0.4, 0.5) is 0 Å². The summed E-state index contributed by atoms with van der Waals surface area (Å²) < 4.78 is 22.6. The van der Waals surface area contributed by atoms with Crippen LogP contribution in [0, 0.1) is 5.92 Å². The smallest absolute Gasteiger partial charge is 0.191 e. The first-order chi connectivity index (χ1) is 11.8. The molecule has 0 amide bonds. The third kappa shape index (κ3) is 10.8. The molecular weight excluding hydrogens is 334 g/mol. The fourth-order valence-electron chi connectivity index (χ4n) is 2.44. The van der Waals surface area contributed by atoms with Crippen LogP contribution in [-0.4, -0.2) is 33.7 Å². The summed E-state index contributed by atoms with van der Waals surface area (Å²) in [5.74, 6) is 1.66. The lowest BCUT2D eigenvalue weighted by Crippen LogP contribution is -2.37. The molecule has 6 heteroatoms. The zero-order valence-electron chi connectivity index (χ0n) is 16.0. The van der Waals surface area contributed by atoms with Crippen molar-refractivity contribution in [2.75, 3.05) is 19.3 Å². The van der Waals surface area contributed by atoms with E-state index in [0.717, 1.165) is 42.5 Å². The van der Waals surface area contributed by atoms with Gasteiger partial charge < -0.3 is 10.6 Å². The molecule has 0 saturated carbocycles. The van der Waals surface area contributed by atoms with E-state index in [2.05, 4.69) is 36.4 Å². The SMILES string of the molecule is CCNC(=NCc1ccc(CS(C)(=O)=O)cc1)NCCCCC(C)C. The van der Waals surface area contributed by atoms with Gasteiger partial charge in [0, 0.05) is 19.3 Å². The molecule has 0 bridgehead atoms. The number of unbranched alkanes of at least 4 members (excludes halogenated alkanes) is 1. The molecule has 142 valence electrons. The first kappa shape index (κ1) is 21.5. The molecule has 0 aliphatic carbocycles. The lowest BCUT2D eigenvalue weighted by Gasteiger charge is -2.12. The van der Waals surface area contributed by atoms with Crippen LogP contribution in [0.5, 0.6) is 0 Å². The molecule has 1 rings (SSSR count). The van der Waals surface area contributed by atoms with Crippen LogP contribution in [0.2, 0.25) is 0 Å². The number of hydrogen-bond acceptors (Lipinski definition) is 3. The largest absolute Gasteiger partial charge is 0.357 e. The number of aliphatic imine (C=N–C) groups is 1. The third-order valence-electron chi connectivity index (χ3n) is 3.72. The van der Waals surface area contributed by atoms with Gasteiger partial charge in [-0.1, -0.05) is 51.0 Å². The minimum absolute atomic E-state index is 0.0805. The van der Waals surface area contributed by atoms with Gasteiger partial charge in [0.2, 0.25) is 0 Å². The highest BCUT2D eigenvalue weighted by Crippen LogP contribution is 2.09. The van der Waals surface area contributed by atoms with Crippen molar-refractivity contribution in [2.24, 2.45) is 10.9 Å². The molecule has 0 fully saturated rings. The van der Waals surface area contributed by atoms with E-state index in [-0.39, 0.29) is 5.75 Å². The molecule has 1 aromatic carbocycles. The molecule has 0 saturated heterocycles. The first-order valence-corrected chi connectivity index (χ1v) is 11.1. The highest BCUT2D eigenvalue weighted by atomic mass is 32.2. The Balaban J connectivity index is 2.50. The van der Waals surface area contributed by atoms with Crippen molar-refractivity contribution >= 4 is 15.8 Å². The van der Waals surface area contributed by atoms with Gasteiger partial charge in [0.15, 0.2) is 15.8 Å². The van der Waals surface area contributed by atoms with Crippen LogP contribution in [-0.2, 0) is 22.1 Å². The standard InChI is InChI=1S/C19H33N3O2S/c1-5-20-19(21-13-7-6-8-16(2)3)22-14-17-9-11-18(12-10-17)15-25(4,23)24/h9-12,16H,5-8,13-15H2,1-4H3,(H2,20,21,22). The minimum Gasteiger partial charge on any atom is -0.357 e. The summed E-state index contributed by atoms with van der Waals surface area (Å²) in [6.07, 6.45) is 4.88. The summed E-state index contributed by atoms with van der Waals surface area (Å²) in [6, 6.07) is 7.60. The Morgan fingerprint density at radius 2 is 1.72 bits per heavy atom. The van der Waals surface area contributed by atoms with Crippen molar-refractivity contribution in [3.05, 3.63) is 35.4 Å². The number of hydrogen-bond donors (Lipinski definition) is 2. The third-order valence-corrected chi connectivity index (χ3v) is 4.57. The molecule has 1 aromatic rings. The fraction of sp³-hybridized carbons (Fsp3) is 0.632. The van der Waals surface area contributed by atoms with Crippen LogP contribution >= 0.6 is 0 Å². The lowest BCUT2D eigenvalue weighted by atomic mass is 10.1. The van der Waals surface area contributed by atoms with E-state index in [1.54, 1.807) is 0 Å². The van der Waals surface area contributed by atoms with E-state index in [4.69, 9.17) is 0 Å². The average Bonchev–Trinajstić information content (AvgIpc) is 2.51. The normalized spacial score (nSPS) is 12.4. The molecule has 0 aromatic heterocycles. The number of nitrogens with one attached hydrogen (secondary N) is 2. The van der Waals surface area contributed by atoms with Crippen LogP contribution < -0.4 is 10.6 Å². The second-order valence-corrected chi connectivity index (χ2v) is 9.04. The summed E-state index contributed by atoms with van der Waals surface area (Å²) in [4.78, 5) is 4.60. The summed E-state index contributed by atoms with van der Waals surface area (Å²) >= 11 is 0. The van der Waals surface area contributed by atoms with E-state index in [1.165, 1.54) is 19.1 Å². The highest BCUT2D eigenvalue weighted by Gasteiger charge is 2.04. The molecule has 0 aliphatic heterocycles. The van der Waals surface area contributed by atoms with Gasteiger partial charge in [0.25, 0.3) is 0 Å². The van der Waals surface area contributed by atoms with Crippen molar-refractivity contribution < 1.29 is 8.42 Å². The monoisotopic (exact) mass is 367 g/mol. The van der Waals surface area contributed by atoms with Crippen molar-refractivity contribution in [3.63, 3.8) is 0 Å². The second-order valence-electron chi connectivity index (χ2n) is 6.90. The fourth-order valence-corrected chi connectivity index (χ4v) is 3.24. The molecule has 0 atom stereocenters. The molecule has 0 heterocycles. The maximum atomic E-state index is 11.3. The van der Waals surface area contributed by atoms with Crippen LogP contribution in [0.3, 0.4) is 0 Å². The van der Waals surface area contributed by atoms with Gasteiger partial charge in [-0.3, -0.25) is 0 Å². The van der Waals surface area contributed by atoms with Gasteiger partial charge in [-0.15, -0.1) is 0 Å². The number of rotatable bonds is 10. The van der Waals surface area contributed by atoms with E-state index in [0.29, 0.717) is 6.54 Å². The van der Waals surface area contributed by atoms with E-state index in [1.807, 2.05) is 24.3 Å². The average molecular weight is 368 g/mol.